The first kappa shape index (κ1) is 24.1. The highest BCUT2D eigenvalue weighted by molar-refractivity contribution is 8.15. The summed E-state index contributed by atoms with van der Waals surface area (Å²) >= 11 is 1.91. The first-order valence-electron chi connectivity index (χ1n) is 14.6. The second-order valence-corrected chi connectivity index (χ2v) is 12.9. The van der Waals surface area contributed by atoms with Crippen LogP contribution < -0.4 is 15.5 Å². The summed E-state index contributed by atoms with van der Waals surface area (Å²) in [5.41, 5.74) is 7.86. The van der Waals surface area contributed by atoms with Gasteiger partial charge in [0.05, 0.1) is 21.9 Å². The number of aliphatic imine (C=N–C) groups is 1. The molecule has 3 unspecified atom stereocenters. The minimum atomic E-state index is -0.327. The van der Waals surface area contributed by atoms with E-state index >= 15 is 0 Å². The van der Waals surface area contributed by atoms with Crippen LogP contribution in [-0.4, -0.2) is 10.6 Å². The molecule has 6 aromatic rings. The molecule has 0 amide bonds. The molecule has 9 rings (SSSR count). The van der Waals surface area contributed by atoms with E-state index < -0.39 is 0 Å². The van der Waals surface area contributed by atoms with Crippen LogP contribution in [0.2, 0.25) is 0 Å². The fraction of sp³-hybridized carbons (Fsp3) is 0.132. The topological polar surface area (TPSA) is 28.7 Å². The van der Waals surface area contributed by atoms with Gasteiger partial charge >= 0.3 is 0 Å². The lowest BCUT2D eigenvalue weighted by atomic mass is 9.89. The summed E-state index contributed by atoms with van der Waals surface area (Å²) in [6.45, 7) is 2.33. The molecule has 0 fully saturated rings. The van der Waals surface area contributed by atoms with Gasteiger partial charge in [-0.3, -0.25) is 4.99 Å². The fourth-order valence-electron chi connectivity index (χ4n) is 7.20. The molecule has 3 nitrogen and oxygen atoms in total. The molecule has 42 heavy (non-hydrogen) atoms. The van der Waals surface area contributed by atoms with Gasteiger partial charge in [-0.2, -0.15) is 0 Å². The number of hydrogen-bond donors (Lipinski definition) is 0. The van der Waals surface area contributed by atoms with Crippen LogP contribution in [0, 0.1) is 0 Å². The number of furan rings is 1. The number of rotatable bonds is 4. The third-order valence-electron chi connectivity index (χ3n) is 9.06. The highest BCUT2D eigenvalue weighted by atomic mass is 32.2. The number of benzene rings is 5. The van der Waals surface area contributed by atoms with Gasteiger partial charge in [-0.15, -0.1) is 0 Å². The van der Waals surface area contributed by atoms with Gasteiger partial charge in [0, 0.05) is 27.5 Å². The molecule has 202 valence electrons. The van der Waals surface area contributed by atoms with Crippen LogP contribution in [0.3, 0.4) is 0 Å². The average Bonchev–Trinajstić information content (AvgIpc) is 3.70. The summed E-state index contributed by atoms with van der Waals surface area (Å²) in [5, 5.41) is 6.44. The lowest BCUT2D eigenvalue weighted by Gasteiger charge is -2.41. The van der Waals surface area contributed by atoms with Gasteiger partial charge < -0.3 is 9.32 Å². The fourth-order valence-corrected chi connectivity index (χ4v) is 8.53. The predicted molar refractivity (Wildman–Crippen MR) is 176 cm³/mol. The average molecular weight is 561 g/mol. The molecule has 2 aliphatic carbocycles. The Labute approximate surface area is 248 Å². The minimum absolute atomic E-state index is 0.146. The van der Waals surface area contributed by atoms with E-state index in [4.69, 9.17) is 9.41 Å². The molecular weight excluding hydrogens is 532 g/mol. The van der Waals surface area contributed by atoms with Crippen LogP contribution in [0.25, 0.3) is 33.9 Å². The zero-order valence-corrected chi connectivity index (χ0v) is 24.0. The van der Waals surface area contributed by atoms with Gasteiger partial charge in [-0.25, -0.2) is 0 Å². The lowest BCUT2D eigenvalue weighted by molar-refractivity contribution is 0.545. The summed E-state index contributed by atoms with van der Waals surface area (Å²) in [6, 6.07) is 41.4. The van der Waals surface area contributed by atoms with Crippen molar-refractivity contribution in [1.29, 1.82) is 0 Å². The van der Waals surface area contributed by atoms with E-state index in [0.717, 1.165) is 22.5 Å². The van der Waals surface area contributed by atoms with Gasteiger partial charge in [-0.05, 0) is 71.7 Å². The van der Waals surface area contributed by atoms with Crippen molar-refractivity contribution in [3.63, 3.8) is 0 Å². The maximum Gasteiger partial charge on any atom is 0.135 e. The van der Waals surface area contributed by atoms with Gasteiger partial charge in [0.2, 0.25) is 0 Å². The van der Waals surface area contributed by atoms with E-state index in [2.05, 4.69) is 133 Å². The number of hydrogen-bond acceptors (Lipinski definition) is 4. The van der Waals surface area contributed by atoms with Gasteiger partial charge in [0.25, 0.3) is 0 Å². The van der Waals surface area contributed by atoms with Crippen molar-refractivity contribution in [3.05, 3.63) is 143 Å². The van der Waals surface area contributed by atoms with Crippen LogP contribution in [0.4, 0.5) is 11.4 Å². The van der Waals surface area contributed by atoms with Crippen LogP contribution in [-0.2, 0) is 0 Å². The minimum Gasteiger partial charge on any atom is -0.456 e. The van der Waals surface area contributed by atoms with Crippen molar-refractivity contribution in [2.24, 2.45) is 4.99 Å². The SMILES string of the molecule is CC1(N(c2ccccc2)c2cc3c4c(cccc4c2)C2N=C(c4ccccc4)SC32)C=c2oc3ccccc3c2=CC1. The monoisotopic (exact) mass is 560 g/mol. The number of para-hydroxylation sites is 2. The first-order valence-corrected chi connectivity index (χ1v) is 15.5. The van der Waals surface area contributed by atoms with E-state index in [0.29, 0.717) is 0 Å². The Bertz CT molecular complexity index is 2180. The lowest BCUT2D eigenvalue weighted by Crippen LogP contribution is -2.46. The third kappa shape index (κ3) is 3.51. The standard InChI is InChI=1S/C38H28N2OS/c1-38(20-19-29-28-16-8-9-18-32(28)41-33(29)23-38)40(26-14-6-3-7-15-26)27-21-25-13-10-17-30-34(25)31(22-27)36-35(30)39-37(42-36)24-11-4-2-5-12-24/h2-19,21-23,35-36H,20H2,1H3. The molecule has 3 atom stereocenters. The summed E-state index contributed by atoms with van der Waals surface area (Å²) in [7, 11) is 0. The highest BCUT2D eigenvalue weighted by Crippen LogP contribution is 2.58. The first-order chi connectivity index (χ1) is 20.7. The van der Waals surface area contributed by atoms with Crippen molar-refractivity contribution in [3.8, 4) is 0 Å². The Morgan fingerprint density at radius 1 is 0.810 bits per heavy atom. The number of thioether (sulfide) groups is 1. The van der Waals surface area contributed by atoms with Crippen LogP contribution in [0.5, 0.6) is 0 Å². The van der Waals surface area contributed by atoms with Crippen molar-refractivity contribution in [2.75, 3.05) is 4.90 Å². The van der Waals surface area contributed by atoms with E-state index in [-0.39, 0.29) is 16.8 Å². The molecule has 0 spiro atoms. The second-order valence-electron chi connectivity index (χ2n) is 11.7. The molecule has 1 aliphatic heterocycles. The normalized spacial score (nSPS) is 21.9. The molecule has 0 saturated carbocycles. The highest BCUT2D eigenvalue weighted by Gasteiger charge is 2.42. The molecular formula is C38H28N2OS. The van der Waals surface area contributed by atoms with Crippen molar-refractivity contribution < 1.29 is 4.42 Å². The van der Waals surface area contributed by atoms with Gasteiger partial charge in [0.1, 0.15) is 11.0 Å². The molecule has 0 radical (unpaired) electrons. The third-order valence-corrected chi connectivity index (χ3v) is 10.4. The largest absolute Gasteiger partial charge is 0.456 e. The Morgan fingerprint density at radius 2 is 1.60 bits per heavy atom. The van der Waals surface area contributed by atoms with Gasteiger partial charge in [-0.1, -0.05) is 103 Å². The second kappa shape index (κ2) is 8.98. The van der Waals surface area contributed by atoms with Crippen LogP contribution >= 0.6 is 11.8 Å². The van der Waals surface area contributed by atoms with Gasteiger partial charge in [0.15, 0.2) is 0 Å². The van der Waals surface area contributed by atoms with E-state index in [9.17, 15) is 0 Å². The number of anilines is 2. The Balaban J connectivity index is 1.22. The van der Waals surface area contributed by atoms with Crippen molar-refractivity contribution >= 4 is 62.1 Å². The molecule has 0 bridgehead atoms. The van der Waals surface area contributed by atoms with E-state index in [1.807, 2.05) is 17.8 Å². The molecule has 4 heteroatoms. The zero-order chi connectivity index (χ0) is 27.8. The van der Waals surface area contributed by atoms with Crippen LogP contribution in [0.15, 0.2) is 125 Å². The molecule has 5 aromatic carbocycles. The zero-order valence-electron chi connectivity index (χ0n) is 23.2. The summed E-state index contributed by atoms with van der Waals surface area (Å²) < 4.78 is 6.41. The smallest absolute Gasteiger partial charge is 0.135 e. The number of nitrogens with zero attached hydrogens (tertiary/aromatic N) is 2. The van der Waals surface area contributed by atoms with E-state index in [1.165, 1.54) is 49.4 Å². The summed E-state index contributed by atoms with van der Waals surface area (Å²) in [6.07, 6.45) is 5.56. The summed E-state index contributed by atoms with van der Waals surface area (Å²) in [4.78, 5) is 7.79. The van der Waals surface area contributed by atoms with Crippen molar-refractivity contribution in [2.45, 2.75) is 30.2 Å². The Hall–Kier alpha value is -4.54. The van der Waals surface area contributed by atoms with E-state index in [1.54, 1.807) is 0 Å². The quantitative estimate of drug-likeness (QED) is 0.217. The maximum absolute atomic E-state index is 6.41. The molecule has 2 heterocycles. The maximum atomic E-state index is 6.41. The molecule has 1 aromatic heterocycles. The number of fused-ring (bicyclic) bond motifs is 6. The molecule has 3 aliphatic rings. The molecule has 0 N–H and O–H groups in total. The Morgan fingerprint density at radius 3 is 2.45 bits per heavy atom. The molecule has 0 saturated heterocycles. The Kier molecular flexibility index (Phi) is 5.15. The predicted octanol–water partition coefficient (Wildman–Crippen LogP) is 8.44. The summed E-state index contributed by atoms with van der Waals surface area (Å²) in [5.74, 6) is 0. The van der Waals surface area contributed by atoms with Crippen molar-refractivity contribution in [1.82, 2.24) is 0 Å². The van der Waals surface area contributed by atoms with Crippen LogP contribution in [0.1, 0.15) is 41.3 Å².